The molecule has 0 aromatic heterocycles. The maximum absolute atomic E-state index is 8.95. The molecule has 1 aromatic rings. The van der Waals surface area contributed by atoms with Crippen molar-refractivity contribution in [1.82, 2.24) is 5.32 Å². The van der Waals surface area contributed by atoms with E-state index in [2.05, 4.69) is 11.4 Å². The molecule has 1 heterocycles. The molecule has 0 amide bonds. The van der Waals surface area contributed by atoms with E-state index in [-0.39, 0.29) is 0 Å². The summed E-state index contributed by atoms with van der Waals surface area (Å²) in [4.78, 5) is 0. The van der Waals surface area contributed by atoms with Crippen LogP contribution in [-0.4, -0.2) is 6.54 Å². The molecule has 0 aliphatic carbocycles. The molecule has 0 radical (unpaired) electrons. The average Bonchev–Trinajstić information content (AvgIpc) is 2.33. The van der Waals surface area contributed by atoms with E-state index in [1.54, 1.807) is 6.08 Å². The topological polar surface area (TPSA) is 61.8 Å². The van der Waals surface area contributed by atoms with Crippen LogP contribution < -0.4 is 11.1 Å². The lowest BCUT2D eigenvalue weighted by Gasteiger charge is -2.17. The van der Waals surface area contributed by atoms with E-state index in [1.165, 1.54) is 0 Å². The Hall–Kier alpha value is -1.92. The quantitative estimate of drug-likeness (QED) is 0.590. The van der Waals surface area contributed by atoms with Crippen LogP contribution in [0, 0.1) is 18.3 Å². The number of hydrogen-bond donors (Lipinski definition) is 2. The summed E-state index contributed by atoms with van der Waals surface area (Å²) in [6, 6.07) is 7.81. The molecule has 4 heteroatoms. The summed E-state index contributed by atoms with van der Waals surface area (Å²) >= 11 is 5.88. The fourth-order valence-corrected chi connectivity index (χ4v) is 1.96. The van der Waals surface area contributed by atoms with E-state index < -0.39 is 0 Å². The zero-order chi connectivity index (χ0) is 12.4. The second kappa shape index (κ2) is 4.52. The van der Waals surface area contributed by atoms with Gasteiger partial charge in [-0.25, -0.2) is 0 Å². The van der Waals surface area contributed by atoms with Gasteiger partial charge in [-0.05, 0) is 41.8 Å². The zero-order valence-corrected chi connectivity index (χ0v) is 10.2. The van der Waals surface area contributed by atoms with Gasteiger partial charge in [-0.2, -0.15) is 5.26 Å². The van der Waals surface area contributed by atoms with Crippen LogP contribution in [0.5, 0.6) is 0 Å². The summed E-state index contributed by atoms with van der Waals surface area (Å²) in [5, 5.41) is 12.3. The molecule has 3 nitrogen and oxygen atoms in total. The molecular formula is C13H12ClN3. The molecule has 0 spiro atoms. The number of anilines is 1. The molecule has 0 bridgehead atoms. The van der Waals surface area contributed by atoms with Gasteiger partial charge >= 0.3 is 0 Å². The van der Waals surface area contributed by atoms with E-state index in [0.717, 1.165) is 16.7 Å². The number of nitrogens with two attached hydrogens (primary N) is 1. The van der Waals surface area contributed by atoms with Gasteiger partial charge in [0.2, 0.25) is 0 Å². The van der Waals surface area contributed by atoms with Crippen molar-refractivity contribution in [2.24, 2.45) is 0 Å². The number of hydrogen-bond acceptors (Lipinski definition) is 3. The summed E-state index contributed by atoms with van der Waals surface area (Å²) < 4.78 is 0. The monoisotopic (exact) mass is 245 g/mol. The highest BCUT2D eigenvalue weighted by Gasteiger charge is 2.13. The minimum atomic E-state index is 0.401. The number of nitrogens with one attached hydrogen (secondary N) is 1. The third kappa shape index (κ3) is 2.27. The Kier molecular flexibility index (Phi) is 3.08. The van der Waals surface area contributed by atoms with Gasteiger partial charge in [-0.3, -0.25) is 0 Å². The third-order valence-corrected chi connectivity index (χ3v) is 3.05. The minimum Gasteiger partial charge on any atom is -0.399 e. The Morgan fingerprint density at radius 1 is 1.47 bits per heavy atom. The van der Waals surface area contributed by atoms with Crippen molar-refractivity contribution in [3.8, 4) is 6.07 Å². The number of allylic oxidation sites excluding steroid dienone is 2. The number of nitrogens with zero attached hydrogens (tertiary/aromatic N) is 1. The van der Waals surface area contributed by atoms with Crippen LogP contribution >= 0.6 is 11.6 Å². The first-order valence-corrected chi connectivity index (χ1v) is 5.60. The van der Waals surface area contributed by atoms with Crippen LogP contribution in [0.25, 0.3) is 5.57 Å². The molecule has 3 N–H and O–H groups in total. The van der Waals surface area contributed by atoms with Gasteiger partial charge in [0.15, 0.2) is 0 Å². The molecule has 1 aromatic carbocycles. The summed E-state index contributed by atoms with van der Waals surface area (Å²) in [6.07, 6.45) is 1.81. The van der Waals surface area contributed by atoms with E-state index in [4.69, 9.17) is 22.6 Å². The molecule has 2 rings (SSSR count). The SMILES string of the molecule is Cc1ccc(N)cc1C1=CC(C#N)=C(Cl)NC1. The predicted molar refractivity (Wildman–Crippen MR) is 70.1 cm³/mol. The molecule has 1 aliphatic rings. The van der Waals surface area contributed by atoms with Crippen molar-refractivity contribution in [3.63, 3.8) is 0 Å². The van der Waals surface area contributed by atoms with Gasteiger partial charge in [0.1, 0.15) is 11.2 Å². The van der Waals surface area contributed by atoms with Crippen LogP contribution in [0.15, 0.2) is 35.0 Å². The van der Waals surface area contributed by atoms with Crippen LogP contribution in [0.4, 0.5) is 5.69 Å². The summed E-state index contributed by atoms with van der Waals surface area (Å²) in [5.41, 5.74) is 10.1. The second-order valence-electron chi connectivity index (χ2n) is 3.94. The number of nitrogen functional groups attached to an aromatic ring is 1. The Labute approximate surface area is 105 Å². The lowest BCUT2D eigenvalue weighted by atomic mass is 9.97. The number of aryl methyl sites for hydroxylation is 1. The highest BCUT2D eigenvalue weighted by molar-refractivity contribution is 6.30. The zero-order valence-electron chi connectivity index (χ0n) is 9.42. The summed E-state index contributed by atoms with van der Waals surface area (Å²) in [7, 11) is 0. The van der Waals surface area contributed by atoms with Crippen molar-refractivity contribution in [2.45, 2.75) is 6.92 Å². The molecule has 0 saturated carbocycles. The first-order valence-electron chi connectivity index (χ1n) is 5.22. The van der Waals surface area contributed by atoms with Crippen molar-refractivity contribution >= 4 is 22.9 Å². The van der Waals surface area contributed by atoms with Crippen molar-refractivity contribution in [2.75, 3.05) is 12.3 Å². The molecule has 17 heavy (non-hydrogen) atoms. The van der Waals surface area contributed by atoms with Crippen molar-refractivity contribution in [1.29, 1.82) is 5.26 Å². The van der Waals surface area contributed by atoms with Crippen LogP contribution in [0.2, 0.25) is 0 Å². The van der Waals surface area contributed by atoms with Crippen molar-refractivity contribution < 1.29 is 0 Å². The van der Waals surface area contributed by atoms with E-state index in [9.17, 15) is 0 Å². The lowest BCUT2D eigenvalue weighted by Crippen LogP contribution is -2.18. The largest absolute Gasteiger partial charge is 0.399 e. The molecule has 0 atom stereocenters. The smallest absolute Gasteiger partial charge is 0.120 e. The Morgan fingerprint density at radius 2 is 2.24 bits per heavy atom. The molecule has 0 saturated heterocycles. The molecule has 0 unspecified atom stereocenters. The molecule has 1 aliphatic heterocycles. The lowest BCUT2D eigenvalue weighted by molar-refractivity contribution is 0.952. The normalized spacial score (nSPS) is 15.0. The van der Waals surface area contributed by atoms with Gasteiger partial charge in [-0.15, -0.1) is 0 Å². The Morgan fingerprint density at radius 3 is 2.94 bits per heavy atom. The summed E-state index contributed by atoms with van der Waals surface area (Å²) in [5.74, 6) is 0. The number of halogens is 1. The number of dihydropyridines is 1. The Bertz CT molecular complexity index is 565. The van der Waals surface area contributed by atoms with E-state index >= 15 is 0 Å². The third-order valence-electron chi connectivity index (χ3n) is 2.72. The van der Waals surface area contributed by atoms with E-state index in [0.29, 0.717) is 23.0 Å². The second-order valence-corrected chi connectivity index (χ2v) is 4.31. The number of nitriles is 1. The van der Waals surface area contributed by atoms with Gasteiger partial charge < -0.3 is 11.1 Å². The van der Waals surface area contributed by atoms with Crippen LogP contribution in [-0.2, 0) is 0 Å². The van der Waals surface area contributed by atoms with Gasteiger partial charge in [0.05, 0.1) is 5.57 Å². The first-order chi connectivity index (χ1) is 8.11. The predicted octanol–water partition coefficient (Wildman–Crippen LogP) is 2.54. The maximum Gasteiger partial charge on any atom is 0.120 e. The van der Waals surface area contributed by atoms with Gasteiger partial charge in [-0.1, -0.05) is 17.7 Å². The fourth-order valence-electron chi connectivity index (χ4n) is 1.80. The average molecular weight is 246 g/mol. The summed E-state index contributed by atoms with van der Waals surface area (Å²) in [6.45, 7) is 2.62. The van der Waals surface area contributed by atoms with Gasteiger partial charge in [0, 0.05) is 12.2 Å². The maximum atomic E-state index is 8.95. The molecule has 0 fully saturated rings. The highest BCUT2D eigenvalue weighted by atomic mass is 35.5. The van der Waals surface area contributed by atoms with Crippen LogP contribution in [0.3, 0.4) is 0 Å². The first kappa shape index (κ1) is 11.6. The minimum absolute atomic E-state index is 0.401. The van der Waals surface area contributed by atoms with Gasteiger partial charge in [0.25, 0.3) is 0 Å². The highest BCUT2D eigenvalue weighted by Crippen LogP contribution is 2.26. The molecular weight excluding hydrogens is 234 g/mol. The number of benzene rings is 1. The van der Waals surface area contributed by atoms with Crippen LogP contribution in [0.1, 0.15) is 11.1 Å². The standard InChI is InChI=1S/C13H12ClN3/c1-8-2-3-11(16)5-12(8)10-4-9(6-15)13(14)17-7-10/h2-5,17H,7,16H2,1H3. The Balaban J connectivity index is 2.49. The molecule has 86 valence electrons. The number of rotatable bonds is 1. The van der Waals surface area contributed by atoms with E-state index in [1.807, 2.05) is 25.1 Å². The fraction of sp³-hybridized carbons (Fsp3) is 0.154. The van der Waals surface area contributed by atoms with Crippen molar-refractivity contribution in [3.05, 3.63) is 46.1 Å².